The van der Waals surface area contributed by atoms with Gasteiger partial charge in [0.05, 0.1) is 6.54 Å². The molecule has 110 valence electrons. The first-order valence-electron chi connectivity index (χ1n) is 7.04. The molecule has 2 N–H and O–H groups in total. The second-order valence-corrected chi connectivity index (χ2v) is 5.87. The lowest BCUT2D eigenvalue weighted by Crippen LogP contribution is -2.41. The van der Waals surface area contributed by atoms with Crippen LogP contribution in [0.15, 0.2) is 24.3 Å². The first-order chi connectivity index (χ1) is 9.56. The zero-order valence-electron chi connectivity index (χ0n) is 12.0. The Labute approximate surface area is 125 Å². The van der Waals surface area contributed by atoms with Crippen molar-refractivity contribution < 1.29 is 4.79 Å². The van der Waals surface area contributed by atoms with Crippen LogP contribution in [0.5, 0.6) is 0 Å². The van der Waals surface area contributed by atoms with Gasteiger partial charge in [0.25, 0.3) is 0 Å². The van der Waals surface area contributed by atoms with Crippen molar-refractivity contribution >= 4 is 23.2 Å². The van der Waals surface area contributed by atoms with E-state index in [9.17, 15) is 4.79 Å². The van der Waals surface area contributed by atoms with Crippen LogP contribution in [0.4, 0.5) is 5.69 Å². The van der Waals surface area contributed by atoms with Gasteiger partial charge in [0, 0.05) is 29.3 Å². The van der Waals surface area contributed by atoms with Crippen LogP contribution < -0.4 is 10.6 Å². The molecule has 2 rings (SSSR count). The van der Waals surface area contributed by atoms with Crippen LogP contribution in [0.25, 0.3) is 0 Å². The lowest BCUT2D eigenvalue weighted by Gasteiger charge is -2.24. The van der Waals surface area contributed by atoms with Crippen LogP contribution in [0.3, 0.4) is 0 Å². The Bertz CT molecular complexity index is 445. The number of carbonyl (C=O) groups is 1. The normalized spacial score (nSPS) is 16.2. The van der Waals surface area contributed by atoms with Gasteiger partial charge < -0.3 is 10.6 Å². The average Bonchev–Trinajstić information content (AvgIpc) is 3.25. The molecule has 0 bridgehead atoms. The molecule has 1 aromatic rings. The summed E-state index contributed by atoms with van der Waals surface area (Å²) < 4.78 is 0. The van der Waals surface area contributed by atoms with Crippen molar-refractivity contribution in [2.45, 2.75) is 31.8 Å². The summed E-state index contributed by atoms with van der Waals surface area (Å²) in [5.74, 6) is -0.0337. The quantitative estimate of drug-likeness (QED) is 0.811. The predicted octanol–water partition coefficient (Wildman–Crippen LogP) is 2.35. The zero-order chi connectivity index (χ0) is 14.5. The number of halogens is 1. The van der Waals surface area contributed by atoms with Gasteiger partial charge in [0.2, 0.25) is 5.91 Å². The summed E-state index contributed by atoms with van der Waals surface area (Å²) in [6.45, 7) is 3.33. The van der Waals surface area contributed by atoms with E-state index < -0.39 is 0 Å². The summed E-state index contributed by atoms with van der Waals surface area (Å²) >= 11 is 5.80. The van der Waals surface area contributed by atoms with E-state index >= 15 is 0 Å². The number of rotatable bonds is 7. The molecule has 1 aromatic carbocycles. The number of amides is 1. The van der Waals surface area contributed by atoms with Crippen LogP contribution in [-0.2, 0) is 4.79 Å². The zero-order valence-corrected chi connectivity index (χ0v) is 12.8. The highest BCUT2D eigenvalue weighted by molar-refractivity contribution is 6.30. The van der Waals surface area contributed by atoms with Gasteiger partial charge in [0.1, 0.15) is 0 Å². The largest absolute Gasteiger partial charge is 0.325 e. The first kappa shape index (κ1) is 15.3. The van der Waals surface area contributed by atoms with Gasteiger partial charge in [-0.2, -0.15) is 0 Å². The Balaban J connectivity index is 1.65. The Kier molecular flexibility index (Phi) is 5.40. The van der Waals surface area contributed by atoms with Crippen molar-refractivity contribution in [2.24, 2.45) is 0 Å². The van der Waals surface area contributed by atoms with Gasteiger partial charge in [-0.15, -0.1) is 0 Å². The molecular weight excluding hydrogens is 274 g/mol. The summed E-state index contributed by atoms with van der Waals surface area (Å²) in [4.78, 5) is 14.2. The predicted molar refractivity (Wildman–Crippen MR) is 83.2 cm³/mol. The fourth-order valence-corrected chi connectivity index (χ4v) is 2.24. The maximum absolute atomic E-state index is 11.8. The summed E-state index contributed by atoms with van der Waals surface area (Å²) in [6, 6.07) is 8.31. The minimum absolute atomic E-state index is 0.0337. The summed E-state index contributed by atoms with van der Waals surface area (Å²) in [6.07, 6.45) is 2.61. The van der Waals surface area contributed by atoms with Crippen molar-refractivity contribution in [1.29, 1.82) is 0 Å². The SMILES string of the molecule is CC(CNCC(=O)Nc1ccc(Cl)cc1)N(C)C1CC1. The van der Waals surface area contributed by atoms with Crippen LogP contribution in [0.1, 0.15) is 19.8 Å². The maximum atomic E-state index is 11.8. The van der Waals surface area contributed by atoms with Gasteiger partial charge >= 0.3 is 0 Å². The van der Waals surface area contributed by atoms with E-state index in [1.807, 2.05) is 0 Å². The number of likely N-dealkylation sites (N-methyl/N-ethyl adjacent to an activating group) is 1. The fourth-order valence-electron chi connectivity index (χ4n) is 2.12. The van der Waals surface area contributed by atoms with Crippen molar-refractivity contribution in [1.82, 2.24) is 10.2 Å². The molecule has 0 heterocycles. The van der Waals surface area contributed by atoms with E-state index in [1.54, 1.807) is 24.3 Å². The number of nitrogens with one attached hydrogen (secondary N) is 2. The molecular formula is C15H22ClN3O. The fraction of sp³-hybridized carbons (Fsp3) is 0.533. The molecule has 20 heavy (non-hydrogen) atoms. The molecule has 1 unspecified atom stereocenters. The van der Waals surface area contributed by atoms with Gasteiger partial charge in [-0.3, -0.25) is 9.69 Å². The molecule has 1 atom stereocenters. The third kappa shape index (κ3) is 4.78. The van der Waals surface area contributed by atoms with E-state index in [2.05, 4.69) is 29.5 Å². The molecule has 4 nitrogen and oxygen atoms in total. The highest BCUT2D eigenvalue weighted by Crippen LogP contribution is 2.26. The smallest absolute Gasteiger partial charge is 0.238 e. The minimum Gasteiger partial charge on any atom is -0.325 e. The second-order valence-electron chi connectivity index (χ2n) is 5.43. The van der Waals surface area contributed by atoms with Crippen molar-refractivity contribution in [3.05, 3.63) is 29.3 Å². The molecule has 0 saturated heterocycles. The number of hydrogen-bond donors (Lipinski definition) is 2. The molecule has 1 amide bonds. The summed E-state index contributed by atoms with van der Waals surface area (Å²) in [5, 5.41) is 6.70. The Morgan fingerprint density at radius 3 is 2.65 bits per heavy atom. The van der Waals surface area contributed by atoms with Gasteiger partial charge in [-0.05, 0) is 51.1 Å². The maximum Gasteiger partial charge on any atom is 0.238 e. The number of benzene rings is 1. The monoisotopic (exact) mass is 295 g/mol. The Morgan fingerprint density at radius 2 is 2.05 bits per heavy atom. The van der Waals surface area contributed by atoms with Crippen LogP contribution in [0.2, 0.25) is 5.02 Å². The molecule has 1 aliphatic rings. The molecule has 0 aromatic heterocycles. The van der Waals surface area contributed by atoms with Crippen molar-refractivity contribution in [3.8, 4) is 0 Å². The first-order valence-corrected chi connectivity index (χ1v) is 7.42. The van der Waals surface area contributed by atoms with Crippen molar-refractivity contribution in [3.63, 3.8) is 0 Å². The van der Waals surface area contributed by atoms with E-state index in [1.165, 1.54) is 12.8 Å². The molecule has 0 aliphatic heterocycles. The van der Waals surface area contributed by atoms with E-state index in [0.29, 0.717) is 17.6 Å². The topological polar surface area (TPSA) is 44.4 Å². The van der Waals surface area contributed by atoms with Crippen LogP contribution >= 0.6 is 11.6 Å². The summed E-state index contributed by atoms with van der Waals surface area (Å²) in [7, 11) is 2.15. The van der Waals surface area contributed by atoms with Crippen LogP contribution in [-0.4, -0.2) is 43.0 Å². The van der Waals surface area contributed by atoms with E-state index in [0.717, 1.165) is 18.3 Å². The lowest BCUT2D eigenvalue weighted by atomic mass is 10.3. The minimum atomic E-state index is -0.0337. The summed E-state index contributed by atoms with van der Waals surface area (Å²) in [5.41, 5.74) is 0.768. The molecule has 0 radical (unpaired) electrons. The highest BCUT2D eigenvalue weighted by atomic mass is 35.5. The third-order valence-electron chi connectivity index (χ3n) is 3.67. The highest BCUT2D eigenvalue weighted by Gasteiger charge is 2.28. The molecule has 0 spiro atoms. The van der Waals surface area contributed by atoms with E-state index in [4.69, 9.17) is 11.6 Å². The lowest BCUT2D eigenvalue weighted by molar-refractivity contribution is -0.115. The van der Waals surface area contributed by atoms with Crippen LogP contribution in [0, 0.1) is 0 Å². The van der Waals surface area contributed by atoms with Gasteiger partial charge in [0.15, 0.2) is 0 Å². The molecule has 1 aliphatic carbocycles. The van der Waals surface area contributed by atoms with Gasteiger partial charge in [-0.1, -0.05) is 11.6 Å². The number of anilines is 1. The van der Waals surface area contributed by atoms with E-state index in [-0.39, 0.29) is 5.91 Å². The second kappa shape index (κ2) is 7.07. The van der Waals surface area contributed by atoms with Gasteiger partial charge in [-0.25, -0.2) is 0 Å². The third-order valence-corrected chi connectivity index (χ3v) is 3.92. The number of hydrogen-bond acceptors (Lipinski definition) is 3. The molecule has 5 heteroatoms. The van der Waals surface area contributed by atoms with Crippen molar-refractivity contribution in [2.75, 3.05) is 25.5 Å². The standard InChI is InChI=1S/C15H22ClN3O/c1-11(19(2)14-7-8-14)9-17-10-15(20)18-13-5-3-12(16)4-6-13/h3-6,11,14,17H,7-10H2,1-2H3,(H,18,20). The Morgan fingerprint density at radius 1 is 1.40 bits per heavy atom. The molecule has 1 fully saturated rings. The molecule has 1 saturated carbocycles. The Hall–Kier alpha value is -1.10. The average molecular weight is 296 g/mol. The number of carbonyl (C=O) groups excluding carboxylic acids is 1. The number of nitrogens with zero attached hydrogens (tertiary/aromatic N) is 1.